The number of ketones is 1. The first-order chi connectivity index (χ1) is 19.0. The molecule has 0 spiro atoms. The second-order valence-electron chi connectivity index (χ2n) is 11.9. The third kappa shape index (κ3) is 6.60. The van der Waals surface area contributed by atoms with E-state index in [0.717, 1.165) is 25.1 Å². The average Bonchev–Trinajstić information content (AvgIpc) is 3.79. The summed E-state index contributed by atoms with van der Waals surface area (Å²) in [7, 11) is 3.14. The first-order valence-electron chi connectivity index (χ1n) is 14.6. The quantitative estimate of drug-likeness (QED) is 0.182. The van der Waals surface area contributed by atoms with E-state index in [1.807, 2.05) is 11.8 Å². The van der Waals surface area contributed by atoms with E-state index < -0.39 is 53.8 Å². The molecule has 11 heteroatoms. The maximum Gasteiger partial charge on any atom is 0.330 e. The number of carbonyl (C=O) groups is 3. The average molecular weight is 567 g/mol. The zero-order chi connectivity index (χ0) is 29.2. The fourth-order valence-corrected chi connectivity index (χ4v) is 6.38. The largest absolute Gasteiger partial charge is 0.441 e. The van der Waals surface area contributed by atoms with Crippen LogP contribution in [0.2, 0.25) is 0 Å². The monoisotopic (exact) mass is 566 g/mol. The van der Waals surface area contributed by atoms with Crippen LogP contribution in [-0.4, -0.2) is 114 Å². The van der Waals surface area contributed by atoms with Gasteiger partial charge >= 0.3 is 5.97 Å². The molecule has 0 bridgehead atoms. The number of hydrogen-bond acceptors (Lipinski definition) is 10. The van der Waals surface area contributed by atoms with Crippen LogP contribution >= 0.6 is 0 Å². The summed E-state index contributed by atoms with van der Waals surface area (Å²) >= 11 is 0. The van der Waals surface area contributed by atoms with E-state index in [-0.39, 0.29) is 24.7 Å². The zero-order valence-corrected chi connectivity index (χ0v) is 24.4. The van der Waals surface area contributed by atoms with Gasteiger partial charge in [0.1, 0.15) is 6.04 Å². The van der Waals surface area contributed by atoms with Crippen LogP contribution < -0.4 is 0 Å². The van der Waals surface area contributed by atoms with Crippen molar-refractivity contribution in [3.8, 4) is 0 Å². The number of methoxy groups -OCH3 is 2. The minimum absolute atomic E-state index is 0.193. The van der Waals surface area contributed by atoms with E-state index in [9.17, 15) is 24.6 Å². The molecule has 4 rings (SSSR count). The maximum absolute atomic E-state index is 13.5. The van der Waals surface area contributed by atoms with E-state index in [1.54, 1.807) is 21.0 Å². The highest BCUT2D eigenvalue weighted by atomic mass is 16.7. The summed E-state index contributed by atoms with van der Waals surface area (Å²) in [6.07, 6.45) is 4.20. The number of hydrogen-bond donors (Lipinski definition) is 2. The third-order valence-electron chi connectivity index (χ3n) is 9.03. The van der Waals surface area contributed by atoms with E-state index in [2.05, 4.69) is 6.08 Å². The van der Waals surface area contributed by atoms with Crippen LogP contribution in [0.4, 0.5) is 0 Å². The predicted molar refractivity (Wildman–Crippen MR) is 144 cm³/mol. The van der Waals surface area contributed by atoms with Crippen molar-refractivity contribution < 1.29 is 43.5 Å². The Kier molecular flexibility index (Phi) is 10.1. The second-order valence-corrected chi connectivity index (χ2v) is 11.9. The first-order valence-corrected chi connectivity index (χ1v) is 14.6. The highest BCUT2D eigenvalue weighted by Crippen LogP contribution is 2.36. The predicted octanol–water partition coefficient (Wildman–Crippen LogP) is 1.39. The van der Waals surface area contributed by atoms with Gasteiger partial charge in [-0.1, -0.05) is 13.0 Å². The normalized spacial score (nSPS) is 38.0. The Bertz CT molecular complexity index is 969. The Morgan fingerprint density at radius 3 is 2.35 bits per heavy atom. The van der Waals surface area contributed by atoms with Gasteiger partial charge in [0.05, 0.1) is 24.4 Å². The van der Waals surface area contributed by atoms with Crippen LogP contribution in [0, 0.1) is 11.8 Å². The molecule has 2 N–H and O–H groups in total. The lowest BCUT2D eigenvalue weighted by molar-refractivity contribution is -0.282. The van der Waals surface area contributed by atoms with Crippen LogP contribution in [0.25, 0.3) is 0 Å². The number of nitrogens with zero attached hydrogens (tertiary/aromatic N) is 2. The number of likely N-dealkylation sites (tertiary alicyclic amines) is 1. The number of amides is 1. The molecule has 9 unspecified atom stereocenters. The van der Waals surface area contributed by atoms with Crippen LogP contribution in [-0.2, 0) is 33.3 Å². The minimum atomic E-state index is -2.29. The van der Waals surface area contributed by atoms with E-state index in [0.29, 0.717) is 38.5 Å². The molecule has 3 saturated heterocycles. The zero-order valence-electron chi connectivity index (χ0n) is 24.4. The standard InChI is InChI=1S/C29H46N2O9/c1-17(14-20-9-10-22(32)24(16-20)38-5)27(30-12-13-30)39-28(35)21-8-6-7-11-31(21)26(34)25(33)29(36)18(2)15-23(37-4)19(3)40-29/h14,18-24,27,32,36H,6-13,15-16H2,1-5H3/b17-14+. The summed E-state index contributed by atoms with van der Waals surface area (Å²) in [6, 6.07) is -0.921. The highest BCUT2D eigenvalue weighted by Gasteiger charge is 2.54. The summed E-state index contributed by atoms with van der Waals surface area (Å²) < 4.78 is 22.5. The molecule has 0 aromatic rings. The number of carbonyl (C=O) groups excluding carboxylic acids is 3. The Morgan fingerprint density at radius 2 is 1.70 bits per heavy atom. The fourth-order valence-electron chi connectivity index (χ4n) is 6.38. The second kappa shape index (κ2) is 13.0. The van der Waals surface area contributed by atoms with Gasteiger partial charge in [0.15, 0.2) is 6.23 Å². The van der Waals surface area contributed by atoms with Gasteiger partial charge in [0.2, 0.25) is 5.79 Å². The molecule has 3 aliphatic heterocycles. The lowest BCUT2D eigenvalue weighted by Crippen LogP contribution is -2.62. The van der Waals surface area contributed by atoms with Crippen molar-refractivity contribution in [3.05, 3.63) is 11.6 Å². The Morgan fingerprint density at radius 1 is 1.00 bits per heavy atom. The third-order valence-corrected chi connectivity index (χ3v) is 9.03. The van der Waals surface area contributed by atoms with E-state index in [4.69, 9.17) is 18.9 Å². The number of esters is 1. The molecule has 0 aromatic carbocycles. The Balaban J connectivity index is 1.45. The summed E-state index contributed by atoms with van der Waals surface area (Å²) in [5, 5.41) is 21.3. The smallest absolute Gasteiger partial charge is 0.330 e. The van der Waals surface area contributed by atoms with Gasteiger partial charge in [0, 0.05) is 39.8 Å². The molecule has 4 fully saturated rings. The summed E-state index contributed by atoms with van der Waals surface area (Å²) in [6.45, 7) is 7.08. The number of aliphatic hydroxyl groups excluding tert-OH is 1. The SMILES string of the molecule is COC1CC(/C=C(\C)C(OC(=O)C2CCCCN2C(=O)C(=O)C2(O)OC(C)C(OC)CC2C)N2CC2)CCC1O. The summed E-state index contributed by atoms with van der Waals surface area (Å²) in [4.78, 5) is 43.7. The number of piperidine rings is 1. The fraction of sp³-hybridized carbons (Fsp3) is 0.828. The number of aliphatic hydroxyl groups is 2. The van der Waals surface area contributed by atoms with Crippen LogP contribution in [0.1, 0.15) is 65.7 Å². The van der Waals surface area contributed by atoms with E-state index >= 15 is 0 Å². The molecule has 1 saturated carbocycles. The molecule has 3 heterocycles. The molecular formula is C29H46N2O9. The lowest BCUT2D eigenvalue weighted by Gasteiger charge is -2.44. The molecule has 1 amide bonds. The van der Waals surface area contributed by atoms with E-state index in [1.165, 1.54) is 12.0 Å². The summed E-state index contributed by atoms with van der Waals surface area (Å²) in [5.74, 6) is -5.31. The van der Waals surface area contributed by atoms with Gasteiger partial charge in [-0.2, -0.15) is 0 Å². The number of Topliss-reactive ketones (excluding diaryl/α,β-unsaturated/α-hetero) is 1. The van der Waals surface area contributed by atoms with Crippen LogP contribution in [0.15, 0.2) is 11.6 Å². The van der Waals surface area contributed by atoms with Gasteiger partial charge in [-0.15, -0.1) is 0 Å². The number of rotatable bonds is 9. The van der Waals surface area contributed by atoms with Crippen molar-refractivity contribution in [3.63, 3.8) is 0 Å². The lowest BCUT2D eigenvalue weighted by atomic mass is 9.84. The van der Waals surface area contributed by atoms with Crippen molar-refractivity contribution in [1.29, 1.82) is 0 Å². The van der Waals surface area contributed by atoms with Crippen LogP contribution in [0.3, 0.4) is 0 Å². The molecule has 40 heavy (non-hydrogen) atoms. The molecule has 9 atom stereocenters. The minimum Gasteiger partial charge on any atom is -0.441 e. The maximum atomic E-state index is 13.5. The summed E-state index contributed by atoms with van der Waals surface area (Å²) in [5.41, 5.74) is 0.896. The Labute approximate surface area is 236 Å². The molecule has 0 aromatic heterocycles. The molecule has 226 valence electrons. The van der Waals surface area contributed by atoms with Gasteiger partial charge in [0.25, 0.3) is 11.7 Å². The van der Waals surface area contributed by atoms with Crippen molar-refractivity contribution >= 4 is 17.7 Å². The highest BCUT2D eigenvalue weighted by molar-refractivity contribution is 6.39. The number of ether oxygens (including phenoxy) is 4. The van der Waals surface area contributed by atoms with Gasteiger partial charge in [-0.3, -0.25) is 14.5 Å². The first kappa shape index (κ1) is 31.1. The topological polar surface area (TPSA) is 135 Å². The molecule has 1 aliphatic carbocycles. The molecular weight excluding hydrogens is 520 g/mol. The van der Waals surface area contributed by atoms with Crippen LogP contribution in [0.5, 0.6) is 0 Å². The van der Waals surface area contributed by atoms with Crippen molar-refractivity contribution in [2.24, 2.45) is 11.8 Å². The number of allylic oxidation sites excluding steroid dienone is 1. The van der Waals surface area contributed by atoms with Gasteiger partial charge in [-0.05, 0) is 70.3 Å². The molecule has 4 aliphatic rings. The Hall–Kier alpha value is -1.89. The van der Waals surface area contributed by atoms with Crippen molar-refractivity contribution in [1.82, 2.24) is 9.80 Å². The molecule has 0 radical (unpaired) electrons. The van der Waals surface area contributed by atoms with Crippen molar-refractivity contribution in [2.45, 2.75) is 108 Å². The van der Waals surface area contributed by atoms with Crippen molar-refractivity contribution in [2.75, 3.05) is 33.9 Å². The van der Waals surface area contributed by atoms with Gasteiger partial charge in [-0.25, -0.2) is 4.79 Å². The molecule has 11 nitrogen and oxygen atoms in total. The van der Waals surface area contributed by atoms with Gasteiger partial charge < -0.3 is 34.1 Å².